The van der Waals surface area contributed by atoms with Crippen molar-refractivity contribution in [3.05, 3.63) is 59.7 Å². The molecule has 0 spiro atoms. The van der Waals surface area contributed by atoms with E-state index in [0.29, 0.717) is 0 Å². The van der Waals surface area contributed by atoms with Crippen LogP contribution in [0.15, 0.2) is 48.5 Å². The fourth-order valence-electron chi connectivity index (χ4n) is 3.54. The van der Waals surface area contributed by atoms with Gasteiger partial charge in [-0.25, -0.2) is 9.59 Å². The smallest absolute Gasteiger partial charge is 0.337 e. The molecule has 28 heavy (non-hydrogen) atoms. The summed E-state index contributed by atoms with van der Waals surface area (Å²) in [5, 5.41) is 18.1. The van der Waals surface area contributed by atoms with Crippen LogP contribution in [0.25, 0.3) is 11.1 Å². The first-order valence-corrected chi connectivity index (χ1v) is 8.94. The third-order valence-corrected chi connectivity index (χ3v) is 5.05. The molecule has 146 valence electrons. The molecule has 0 radical (unpaired) electrons. The van der Waals surface area contributed by atoms with Crippen LogP contribution >= 0.6 is 0 Å². The Kier molecular flexibility index (Phi) is 5.46. The number of esters is 1. The summed E-state index contributed by atoms with van der Waals surface area (Å²) in [7, 11) is 0. The van der Waals surface area contributed by atoms with Gasteiger partial charge in [-0.1, -0.05) is 48.5 Å². The van der Waals surface area contributed by atoms with Crippen LogP contribution in [0.5, 0.6) is 0 Å². The van der Waals surface area contributed by atoms with Crippen molar-refractivity contribution in [2.24, 2.45) is 5.73 Å². The van der Waals surface area contributed by atoms with E-state index in [1.165, 1.54) is 0 Å². The Hall–Kier alpha value is -3.19. The summed E-state index contributed by atoms with van der Waals surface area (Å²) in [4.78, 5) is 34.7. The first kappa shape index (κ1) is 19.6. The molecule has 1 atom stereocenters. The first-order valence-electron chi connectivity index (χ1n) is 8.94. The van der Waals surface area contributed by atoms with Gasteiger partial charge in [0.25, 0.3) is 0 Å². The first-order chi connectivity index (χ1) is 13.3. The number of ether oxygens (including phenoxy) is 1. The number of carboxylic acid groups (broad SMARTS) is 2. The molecule has 2 aromatic rings. The summed E-state index contributed by atoms with van der Waals surface area (Å²) in [6.45, 7) is -0.0436. The van der Waals surface area contributed by atoms with Gasteiger partial charge in [-0.3, -0.25) is 4.79 Å². The summed E-state index contributed by atoms with van der Waals surface area (Å²) in [6, 6.07) is 15.6. The van der Waals surface area contributed by atoms with Gasteiger partial charge in [0.1, 0.15) is 6.61 Å². The van der Waals surface area contributed by atoms with Crippen LogP contribution in [0.2, 0.25) is 0 Å². The van der Waals surface area contributed by atoms with Crippen LogP contribution in [-0.4, -0.2) is 40.3 Å². The SMILES string of the molecule is NC(CCCC(=O)O)(C(=O)O)C(=O)OCC1c2ccccc2-c2ccccc21. The van der Waals surface area contributed by atoms with Gasteiger partial charge in [-0.15, -0.1) is 0 Å². The topological polar surface area (TPSA) is 127 Å². The van der Waals surface area contributed by atoms with Gasteiger partial charge < -0.3 is 20.7 Å². The lowest BCUT2D eigenvalue weighted by Crippen LogP contribution is -2.56. The number of nitrogens with two attached hydrogens (primary N) is 1. The van der Waals surface area contributed by atoms with E-state index >= 15 is 0 Å². The largest absolute Gasteiger partial charge is 0.481 e. The number of carbonyl (C=O) groups excluding carboxylic acids is 1. The zero-order valence-corrected chi connectivity index (χ0v) is 15.1. The second kappa shape index (κ2) is 7.82. The number of rotatable bonds is 8. The number of hydrogen-bond acceptors (Lipinski definition) is 5. The van der Waals surface area contributed by atoms with Crippen molar-refractivity contribution in [3.8, 4) is 11.1 Å². The van der Waals surface area contributed by atoms with E-state index in [2.05, 4.69) is 0 Å². The van der Waals surface area contributed by atoms with Crippen molar-refractivity contribution in [2.45, 2.75) is 30.7 Å². The molecular weight excluding hydrogens is 362 g/mol. The van der Waals surface area contributed by atoms with Gasteiger partial charge in [0.05, 0.1) is 0 Å². The molecule has 3 rings (SSSR count). The molecule has 4 N–H and O–H groups in total. The molecule has 7 heteroatoms. The van der Waals surface area contributed by atoms with Crippen LogP contribution in [0.3, 0.4) is 0 Å². The van der Waals surface area contributed by atoms with Gasteiger partial charge in [0.15, 0.2) is 0 Å². The van der Waals surface area contributed by atoms with Gasteiger partial charge in [-0.2, -0.15) is 0 Å². The molecule has 1 aliphatic rings. The minimum absolute atomic E-state index is 0.0394. The zero-order valence-electron chi connectivity index (χ0n) is 15.1. The second-order valence-corrected chi connectivity index (χ2v) is 6.85. The van der Waals surface area contributed by atoms with Gasteiger partial charge >= 0.3 is 17.9 Å². The summed E-state index contributed by atoms with van der Waals surface area (Å²) < 4.78 is 5.33. The van der Waals surface area contributed by atoms with E-state index in [4.69, 9.17) is 15.6 Å². The maximum atomic E-state index is 12.5. The molecule has 2 aromatic carbocycles. The summed E-state index contributed by atoms with van der Waals surface area (Å²) in [5.74, 6) is -3.89. The Morgan fingerprint density at radius 2 is 1.50 bits per heavy atom. The Morgan fingerprint density at radius 1 is 0.964 bits per heavy atom. The fourth-order valence-corrected chi connectivity index (χ4v) is 3.54. The standard InChI is InChI=1S/C21H21NO6/c22-21(19(25)26,11-5-10-18(23)24)20(27)28-12-17-15-8-3-1-6-13(15)14-7-2-4-9-16(14)17/h1-4,6-9,17H,5,10-12,22H2,(H,23,24)(H,25,26). The molecule has 7 nitrogen and oxygen atoms in total. The molecule has 0 amide bonds. The van der Waals surface area contributed by atoms with Crippen LogP contribution in [-0.2, 0) is 19.1 Å². The van der Waals surface area contributed by atoms with Gasteiger partial charge in [-0.05, 0) is 35.1 Å². The van der Waals surface area contributed by atoms with Crippen LogP contribution < -0.4 is 5.73 Å². The normalized spacial score (nSPS) is 14.6. The highest BCUT2D eigenvalue weighted by Gasteiger charge is 2.44. The maximum absolute atomic E-state index is 12.5. The molecule has 0 heterocycles. The number of benzene rings is 2. The zero-order chi connectivity index (χ0) is 20.3. The lowest BCUT2D eigenvalue weighted by atomic mass is 9.93. The Bertz CT molecular complexity index is 879. The molecule has 1 unspecified atom stereocenters. The van der Waals surface area contributed by atoms with E-state index in [-0.39, 0.29) is 31.8 Å². The molecule has 0 aromatic heterocycles. The molecule has 0 bridgehead atoms. The molecule has 1 aliphatic carbocycles. The summed E-state index contributed by atoms with van der Waals surface area (Å²) >= 11 is 0. The van der Waals surface area contributed by atoms with Crippen molar-refractivity contribution in [3.63, 3.8) is 0 Å². The van der Waals surface area contributed by atoms with E-state index in [9.17, 15) is 19.5 Å². The number of carbonyl (C=O) groups is 3. The number of carboxylic acids is 2. The van der Waals surface area contributed by atoms with Crippen molar-refractivity contribution < 1.29 is 29.3 Å². The van der Waals surface area contributed by atoms with E-state index in [1.807, 2.05) is 48.5 Å². The second-order valence-electron chi connectivity index (χ2n) is 6.85. The maximum Gasteiger partial charge on any atom is 0.337 e. The highest BCUT2D eigenvalue weighted by molar-refractivity contribution is 6.03. The number of hydrogen-bond donors (Lipinski definition) is 3. The third kappa shape index (κ3) is 3.61. The van der Waals surface area contributed by atoms with Crippen molar-refractivity contribution in [1.82, 2.24) is 0 Å². The summed E-state index contributed by atoms with van der Waals surface area (Å²) in [6.07, 6.45) is -0.628. The quantitative estimate of drug-likeness (QED) is 0.472. The highest BCUT2D eigenvalue weighted by Crippen LogP contribution is 2.44. The van der Waals surface area contributed by atoms with E-state index in [0.717, 1.165) is 22.3 Å². The molecule has 0 saturated heterocycles. The minimum atomic E-state index is -2.27. The molecule has 0 saturated carbocycles. The number of fused-ring (bicyclic) bond motifs is 3. The average Bonchev–Trinajstić information content (AvgIpc) is 2.99. The van der Waals surface area contributed by atoms with Crippen molar-refractivity contribution in [1.29, 1.82) is 0 Å². The Balaban J connectivity index is 1.76. The van der Waals surface area contributed by atoms with Crippen LogP contribution in [0.4, 0.5) is 0 Å². The summed E-state index contributed by atoms with van der Waals surface area (Å²) in [5.41, 5.74) is 7.61. The Morgan fingerprint density at radius 3 is 2.00 bits per heavy atom. The predicted octanol–water partition coefficient (Wildman–Crippen LogP) is 2.38. The van der Waals surface area contributed by atoms with Gasteiger partial charge in [0, 0.05) is 12.3 Å². The molecule has 0 aliphatic heterocycles. The average molecular weight is 383 g/mol. The number of aliphatic carboxylic acids is 2. The molecule has 0 fully saturated rings. The minimum Gasteiger partial charge on any atom is -0.481 e. The van der Waals surface area contributed by atoms with Crippen LogP contribution in [0.1, 0.15) is 36.3 Å². The van der Waals surface area contributed by atoms with E-state index < -0.39 is 23.4 Å². The predicted molar refractivity (Wildman–Crippen MR) is 101 cm³/mol. The monoisotopic (exact) mass is 383 g/mol. The third-order valence-electron chi connectivity index (χ3n) is 5.05. The van der Waals surface area contributed by atoms with Crippen LogP contribution in [0, 0.1) is 0 Å². The van der Waals surface area contributed by atoms with E-state index in [1.54, 1.807) is 0 Å². The van der Waals surface area contributed by atoms with Gasteiger partial charge in [0.2, 0.25) is 5.54 Å². The fraction of sp³-hybridized carbons (Fsp3) is 0.286. The van der Waals surface area contributed by atoms with Crippen molar-refractivity contribution in [2.75, 3.05) is 6.61 Å². The molecular formula is C21H21NO6. The van der Waals surface area contributed by atoms with Crippen molar-refractivity contribution >= 4 is 17.9 Å². The lowest BCUT2D eigenvalue weighted by Gasteiger charge is -2.24. The Labute approximate surface area is 161 Å². The lowest BCUT2D eigenvalue weighted by molar-refractivity contribution is -0.162. The highest BCUT2D eigenvalue weighted by atomic mass is 16.5.